The summed E-state index contributed by atoms with van der Waals surface area (Å²) in [6.45, 7) is 0. The first-order chi connectivity index (χ1) is 3.48. The van der Waals surface area contributed by atoms with Crippen LogP contribution in [0.1, 0.15) is 0 Å². The Morgan fingerprint density at radius 1 is 1.38 bits per heavy atom. The maximum atomic E-state index is 11.3. The van der Waals surface area contributed by atoms with Gasteiger partial charge in [-0.15, -0.1) is 0 Å². The molecule has 0 amide bonds. The Morgan fingerprint density at radius 3 is 1.75 bits per heavy atom. The predicted molar refractivity (Wildman–Crippen MR) is 32.0 cm³/mol. The van der Waals surface area contributed by atoms with Crippen LogP contribution in [0.5, 0.6) is 0 Å². The van der Waals surface area contributed by atoms with Gasteiger partial charge in [-0.25, -0.2) is 0 Å². The second-order valence-corrected chi connectivity index (χ2v) is 6.29. The summed E-state index contributed by atoms with van der Waals surface area (Å²) >= 11 is -3.19. The fraction of sp³-hybridized carbons (Fsp3) is 1.00. The van der Waals surface area contributed by atoms with E-state index in [2.05, 4.69) is 0 Å². The number of hydrogen-bond acceptors (Lipinski definition) is 0. The zero-order valence-corrected chi connectivity index (χ0v) is 6.25. The molecule has 0 unspecified atom stereocenters. The molecular weight excluding hydrogens is 239 g/mol. The number of alkyl halides is 7. The average Bonchev–Trinajstić information content (AvgIpc) is 1.62. The monoisotopic (exact) mass is 244 g/mol. The fourth-order valence-electron chi connectivity index (χ4n) is 0.0573. The van der Waals surface area contributed by atoms with Crippen molar-refractivity contribution >= 4 is 19.8 Å². The van der Waals surface area contributed by atoms with E-state index < -0.39 is 28.7 Å². The third-order valence-electron chi connectivity index (χ3n) is 0.517. The van der Waals surface area contributed by atoms with Gasteiger partial charge in [-0.05, 0) is 0 Å². The summed E-state index contributed by atoms with van der Waals surface area (Å²) in [5, 5.41) is 0. The van der Waals surface area contributed by atoms with E-state index in [9.17, 15) is 17.6 Å². The van der Waals surface area contributed by atoms with Crippen molar-refractivity contribution < 1.29 is 17.6 Å². The molecule has 0 radical (unpaired) electrons. The van der Waals surface area contributed by atoms with E-state index in [0.717, 1.165) is 4.93 Å². The SMILES string of the molecule is CI(CF)C(F)(F)F. The van der Waals surface area contributed by atoms with Crippen molar-refractivity contribution in [2.45, 2.75) is 4.18 Å². The summed E-state index contributed by atoms with van der Waals surface area (Å²) in [7, 11) is 0. The Labute approximate surface area is 51.6 Å². The van der Waals surface area contributed by atoms with Crippen LogP contribution in [0, 0.1) is 0 Å². The van der Waals surface area contributed by atoms with Gasteiger partial charge in [0, 0.05) is 0 Å². The molecular formula is C3H5F4I. The molecule has 8 heavy (non-hydrogen) atoms. The van der Waals surface area contributed by atoms with Gasteiger partial charge in [0.15, 0.2) is 0 Å². The van der Waals surface area contributed by atoms with Gasteiger partial charge >= 0.3 is 51.2 Å². The van der Waals surface area contributed by atoms with Crippen LogP contribution in [0.15, 0.2) is 0 Å². The molecule has 52 valence electrons. The summed E-state index contributed by atoms with van der Waals surface area (Å²) in [4.78, 5) is 0.962. The molecule has 0 aromatic carbocycles. The molecule has 0 aliphatic heterocycles. The van der Waals surface area contributed by atoms with E-state index in [4.69, 9.17) is 0 Å². The molecule has 0 spiro atoms. The second-order valence-electron chi connectivity index (χ2n) is 1.12. The molecule has 0 saturated carbocycles. The summed E-state index contributed by atoms with van der Waals surface area (Å²) in [6, 6.07) is 0. The van der Waals surface area contributed by atoms with Gasteiger partial charge in [0.2, 0.25) is 0 Å². The first-order valence-electron chi connectivity index (χ1n) is 1.67. The van der Waals surface area contributed by atoms with Crippen LogP contribution in [0.4, 0.5) is 17.6 Å². The van der Waals surface area contributed by atoms with E-state index in [-0.39, 0.29) is 0 Å². The molecule has 0 aromatic heterocycles. The molecule has 0 heterocycles. The summed E-state index contributed by atoms with van der Waals surface area (Å²) in [5.74, 6) is 0. The Bertz CT molecular complexity index is 68.2. The van der Waals surface area contributed by atoms with E-state index in [1.54, 1.807) is 0 Å². The normalized spacial score (nSPS) is 13.9. The van der Waals surface area contributed by atoms with Gasteiger partial charge in [0.05, 0.1) is 0 Å². The number of rotatable bonds is 1. The molecule has 0 rings (SSSR count). The third kappa shape index (κ3) is 2.68. The summed E-state index contributed by atoms with van der Waals surface area (Å²) in [6.07, 6.45) is 0. The number of hydrogen-bond donors (Lipinski definition) is 0. The topological polar surface area (TPSA) is 0 Å². The molecule has 0 fully saturated rings. The molecule has 0 saturated heterocycles. The van der Waals surface area contributed by atoms with Crippen molar-refractivity contribution in [1.82, 2.24) is 0 Å². The Balaban J connectivity index is 3.62. The first-order valence-corrected chi connectivity index (χ1v) is 6.43. The molecule has 0 aromatic rings. The van der Waals surface area contributed by atoms with Gasteiger partial charge in [-0.2, -0.15) is 0 Å². The quantitative estimate of drug-likeness (QED) is 0.377. The molecule has 0 aliphatic carbocycles. The van der Waals surface area contributed by atoms with Crippen LogP contribution in [0.3, 0.4) is 0 Å². The van der Waals surface area contributed by atoms with Crippen molar-refractivity contribution in [3.8, 4) is 0 Å². The van der Waals surface area contributed by atoms with Crippen molar-refractivity contribution in [2.24, 2.45) is 0 Å². The molecule has 5 heteroatoms. The number of halogens is 5. The van der Waals surface area contributed by atoms with E-state index in [0.29, 0.717) is 0 Å². The zero-order chi connectivity index (χ0) is 6.78. The molecule has 0 N–H and O–H groups in total. The second kappa shape index (κ2) is 2.84. The van der Waals surface area contributed by atoms with Gasteiger partial charge in [0.25, 0.3) is 0 Å². The van der Waals surface area contributed by atoms with Crippen LogP contribution in [-0.4, -0.2) is 13.8 Å². The van der Waals surface area contributed by atoms with Crippen LogP contribution < -0.4 is 0 Å². The van der Waals surface area contributed by atoms with Gasteiger partial charge in [0.1, 0.15) is 0 Å². The zero-order valence-electron chi connectivity index (χ0n) is 4.10. The summed E-state index contributed by atoms with van der Waals surface area (Å²) < 4.78 is 39.7. The van der Waals surface area contributed by atoms with Crippen molar-refractivity contribution in [2.75, 3.05) is 9.61 Å². The molecule has 0 nitrogen and oxygen atoms in total. The standard InChI is InChI=1S/C3H5F4I/c1-8(2-4)3(5,6)7/h2H2,1H3. The molecule has 0 bridgehead atoms. The molecule has 0 atom stereocenters. The maximum absolute atomic E-state index is 11.3. The van der Waals surface area contributed by atoms with Gasteiger partial charge in [-0.3, -0.25) is 0 Å². The summed E-state index contributed by atoms with van der Waals surface area (Å²) in [5.41, 5.74) is 0. The fourth-order valence-corrected chi connectivity index (χ4v) is 0.384. The molecule has 0 aliphatic rings. The van der Waals surface area contributed by atoms with Crippen molar-refractivity contribution in [3.05, 3.63) is 0 Å². The Kier molecular flexibility index (Phi) is 3.00. The minimum atomic E-state index is -4.21. The average molecular weight is 244 g/mol. The van der Waals surface area contributed by atoms with E-state index in [1.165, 1.54) is 0 Å². The minimum absolute atomic E-state index is 0.962. The van der Waals surface area contributed by atoms with Crippen LogP contribution in [0.25, 0.3) is 0 Å². The predicted octanol–water partition coefficient (Wildman–Crippen LogP) is 2.57. The van der Waals surface area contributed by atoms with E-state index in [1.807, 2.05) is 0 Å². The Morgan fingerprint density at radius 2 is 1.75 bits per heavy atom. The van der Waals surface area contributed by atoms with Crippen molar-refractivity contribution in [3.63, 3.8) is 0 Å². The first kappa shape index (κ1) is 8.45. The van der Waals surface area contributed by atoms with Crippen molar-refractivity contribution in [1.29, 1.82) is 0 Å². The van der Waals surface area contributed by atoms with Crippen LogP contribution in [-0.2, 0) is 0 Å². The van der Waals surface area contributed by atoms with Gasteiger partial charge in [-0.1, -0.05) is 0 Å². The van der Waals surface area contributed by atoms with Gasteiger partial charge < -0.3 is 0 Å². The third-order valence-corrected chi connectivity index (χ3v) is 3.47. The Hall–Kier alpha value is 0.450. The van der Waals surface area contributed by atoms with E-state index >= 15 is 0 Å². The van der Waals surface area contributed by atoms with Crippen LogP contribution in [0.2, 0.25) is 0 Å². The van der Waals surface area contributed by atoms with Crippen LogP contribution >= 0.6 is 19.8 Å².